The van der Waals surface area contributed by atoms with Crippen molar-refractivity contribution in [2.45, 2.75) is 6.92 Å². The van der Waals surface area contributed by atoms with Gasteiger partial charge in [-0.15, -0.1) is 0 Å². The molecule has 21 heavy (non-hydrogen) atoms. The Kier molecular flexibility index (Phi) is 3.60. The normalized spacial score (nSPS) is 10.5. The molecule has 0 radical (unpaired) electrons. The lowest BCUT2D eigenvalue weighted by molar-refractivity contribution is 0.0489. The van der Waals surface area contributed by atoms with Gasteiger partial charge in [-0.2, -0.15) is 0 Å². The van der Waals surface area contributed by atoms with Crippen LogP contribution >= 0.6 is 0 Å². The van der Waals surface area contributed by atoms with Crippen LogP contribution in [0.1, 0.15) is 17.5 Å². The molecule has 1 aromatic heterocycles. The van der Waals surface area contributed by atoms with Crippen molar-refractivity contribution in [3.05, 3.63) is 60.4 Å². The minimum absolute atomic E-state index is 0.0851. The maximum atomic E-state index is 12.0. The summed E-state index contributed by atoms with van der Waals surface area (Å²) in [6.07, 6.45) is 0. The number of hydrogen-bond acceptors (Lipinski definition) is 4. The van der Waals surface area contributed by atoms with Gasteiger partial charge in [0.2, 0.25) is 0 Å². The zero-order chi connectivity index (χ0) is 14.7. The van der Waals surface area contributed by atoms with Crippen molar-refractivity contribution in [1.82, 2.24) is 0 Å². The molecule has 3 aromatic rings. The van der Waals surface area contributed by atoms with E-state index in [9.17, 15) is 4.79 Å². The number of para-hydroxylation sites is 2. The molecule has 0 atom stereocenters. The Balaban J connectivity index is 2.09. The Morgan fingerprint density at radius 3 is 2.52 bits per heavy atom. The van der Waals surface area contributed by atoms with Crippen LogP contribution < -0.4 is 4.74 Å². The Bertz CT molecular complexity index is 759. The summed E-state index contributed by atoms with van der Waals surface area (Å²) in [4.78, 5) is 12.0. The lowest BCUT2D eigenvalue weighted by Crippen LogP contribution is -2.04. The van der Waals surface area contributed by atoms with Crippen LogP contribution in [-0.4, -0.2) is 12.6 Å². The van der Waals surface area contributed by atoms with Gasteiger partial charge in [-0.1, -0.05) is 30.3 Å². The highest BCUT2D eigenvalue weighted by Crippen LogP contribution is 2.36. The number of esters is 1. The maximum Gasteiger partial charge on any atom is 0.378 e. The van der Waals surface area contributed by atoms with Crippen molar-refractivity contribution in [3.63, 3.8) is 0 Å². The number of ether oxygens (including phenoxy) is 2. The molecule has 0 saturated heterocycles. The molecular weight excluding hydrogens is 268 g/mol. The molecule has 2 aromatic carbocycles. The summed E-state index contributed by atoms with van der Waals surface area (Å²) < 4.78 is 16.4. The summed E-state index contributed by atoms with van der Waals surface area (Å²) >= 11 is 0. The first kappa shape index (κ1) is 13.2. The van der Waals surface area contributed by atoms with Gasteiger partial charge in [-0.25, -0.2) is 4.79 Å². The van der Waals surface area contributed by atoms with E-state index in [1.807, 2.05) is 48.5 Å². The Hall–Kier alpha value is -2.75. The second kappa shape index (κ2) is 5.71. The van der Waals surface area contributed by atoms with Crippen molar-refractivity contribution in [3.8, 4) is 11.5 Å². The van der Waals surface area contributed by atoms with E-state index in [2.05, 4.69) is 0 Å². The molecular formula is C17H14O4. The average molecular weight is 282 g/mol. The van der Waals surface area contributed by atoms with E-state index in [-0.39, 0.29) is 12.4 Å². The lowest BCUT2D eigenvalue weighted by atomic mass is 10.2. The molecule has 0 bridgehead atoms. The standard InChI is InChI=1S/C17H14O4/c1-2-19-17(18)16-15(20-12-8-4-3-5-9-12)13-10-6-7-11-14(13)21-16/h3-11H,2H2,1H3. The molecule has 0 amide bonds. The van der Waals surface area contributed by atoms with Crippen molar-refractivity contribution < 1.29 is 18.7 Å². The fourth-order valence-corrected chi connectivity index (χ4v) is 2.06. The van der Waals surface area contributed by atoms with Crippen LogP contribution in [0, 0.1) is 0 Å². The van der Waals surface area contributed by atoms with Gasteiger partial charge < -0.3 is 13.9 Å². The number of rotatable bonds is 4. The number of carbonyl (C=O) groups excluding carboxylic acids is 1. The predicted molar refractivity (Wildman–Crippen MR) is 78.7 cm³/mol. The van der Waals surface area contributed by atoms with Crippen LogP contribution in [0.3, 0.4) is 0 Å². The van der Waals surface area contributed by atoms with E-state index in [1.54, 1.807) is 13.0 Å². The molecule has 106 valence electrons. The van der Waals surface area contributed by atoms with Gasteiger partial charge in [-0.05, 0) is 31.2 Å². The van der Waals surface area contributed by atoms with E-state index < -0.39 is 5.97 Å². The smallest absolute Gasteiger partial charge is 0.378 e. The number of benzene rings is 2. The molecule has 0 aliphatic rings. The van der Waals surface area contributed by atoms with Gasteiger partial charge in [-0.3, -0.25) is 0 Å². The summed E-state index contributed by atoms with van der Waals surface area (Å²) in [7, 11) is 0. The van der Waals surface area contributed by atoms with Crippen LogP contribution in [-0.2, 0) is 4.74 Å². The van der Waals surface area contributed by atoms with E-state index in [0.29, 0.717) is 17.1 Å². The highest BCUT2D eigenvalue weighted by Gasteiger charge is 2.23. The van der Waals surface area contributed by atoms with E-state index >= 15 is 0 Å². The molecule has 0 aliphatic heterocycles. The average Bonchev–Trinajstić information content (AvgIpc) is 2.88. The zero-order valence-corrected chi connectivity index (χ0v) is 11.5. The van der Waals surface area contributed by atoms with E-state index in [1.165, 1.54) is 0 Å². The molecule has 1 heterocycles. The quantitative estimate of drug-likeness (QED) is 0.665. The Morgan fingerprint density at radius 1 is 1.05 bits per heavy atom. The van der Waals surface area contributed by atoms with Crippen LogP contribution in [0.2, 0.25) is 0 Å². The molecule has 0 aliphatic carbocycles. The molecule has 0 N–H and O–H groups in total. The second-order valence-electron chi connectivity index (χ2n) is 4.39. The highest BCUT2D eigenvalue weighted by molar-refractivity contribution is 5.99. The topological polar surface area (TPSA) is 48.7 Å². The fourth-order valence-electron chi connectivity index (χ4n) is 2.06. The summed E-state index contributed by atoms with van der Waals surface area (Å²) in [6.45, 7) is 2.03. The molecule has 0 fully saturated rings. The first-order valence-corrected chi connectivity index (χ1v) is 6.71. The first-order chi connectivity index (χ1) is 10.3. The summed E-state index contributed by atoms with van der Waals surface area (Å²) in [5, 5.41) is 0.740. The van der Waals surface area contributed by atoms with Gasteiger partial charge >= 0.3 is 5.97 Å². The molecule has 0 saturated carbocycles. The minimum atomic E-state index is -0.528. The molecule has 4 nitrogen and oxygen atoms in total. The van der Waals surface area contributed by atoms with Crippen LogP contribution in [0.15, 0.2) is 59.0 Å². The second-order valence-corrected chi connectivity index (χ2v) is 4.39. The number of carbonyl (C=O) groups is 1. The van der Waals surface area contributed by atoms with Crippen molar-refractivity contribution in [2.75, 3.05) is 6.61 Å². The molecule has 0 spiro atoms. The van der Waals surface area contributed by atoms with Crippen molar-refractivity contribution in [2.24, 2.45) is 0 Å². The van der Waals surface area contributed by atoms with Gasteiger partial charge in [0.05, 0.1) is 12.0 Å². The number of fused-ring (bicyclic) bond motifs is 1. The monoisotopic (exact) mass is 282 g/mol. The van der Waals surface area contributed by atoms with Gasteiger partial charge in [0.15, 0.2) is 5.75 Å². The molecule has 3 rings (SSSR count). The summed E-state index contributed by atoms with van der Waals surface area (Å²) in [6, 6.07) is 16.6. The molecule has 4 heteroatoms. The third kappa shape index (κ3) is 2.60. The third-order valence-corrected chi connectivity index (χ3v) is 2.97. The van der Waals surface area contributed by atoms with E-state index in [0.717, 1.165) is 5.39 Å². The zero-order valence-electron chi connectivity index (χ0n) is 11.5. The highest BCUT2D eigenvalue weighted by atomic mass is 16.6. The van der Waals surface area contributed by atoms with Crippen LogP contribution in [0.5, 0.6) is 11.5 Å². The minimum Gasteiger partial charge on any atom is -0.460 e. The molecule has 0 unspecified atom stereocenters. The third-order valence-electron chi connectivity index (χ3n) is 2.97. The maximum absolute atomic E-state index is 12.0. The summed E-state index contributed by atoms with van der Waals surface area (Å²) in [5.41, 5.74) is 0.589. The number of hydrogen-bond donors (Lipinski definition) is 0. The van der Waals surface area contributed by atoms with Crippen molar-refractivity contribution in [1.29, 1.82) is 0 Å². The number of furan rings is 1. The fraction of sp³-hybridized carbons (Fsp3) is 0.118. The van der Waals surface area contributed by atoms with Crippen LogP contribution in [0.4, 0.5) is 0 Å². The van der Waals surface area contributed by atoms with E-state index in [4.69, 9.17) is 13.9 Å². The summed E-state index contributed by atoms with van der Waals surface area (Å²) in [5.74, 6) is 0.575. The van der Waals surface area contributed by atoms with Crippen molar-refractivity contribution >= 4 is 16.9 Å². The van der Waals surface area contributed by atoms with Gasteiger partial charge in [0.25, 0.3) is 5.76 Å². The lowest BCUT2D eigenvalue weighted by Gasteiger charge is -2.05. The Labute approximate surface area is 121 Å². The SMILES string of the molecule is CCOC(=O)c1oc2ccccc2c1Oc1ccccc1. The van der Waals surface area contributed by atoms with Crippen LogP contribution in [0.25, 0.3) is 11.0 Å². The van der Waals surface area contributed by atoms with Gasteiger partial charge in [0, 0.05) is 0 Å². The van der Waals surface area contributed by atoms with Gasteiger partial charge in [0.1, 0.15) is 11.3 Å². The Morgan fingerprint density at radius 2 is 1.76 bits per heavy atom. The predicted octanol–water partition coefficient (Wildman–Crippen LogP) is 4.40. The largest absolute Gasteiger partial charge is 0.460 e. The first-order valence-electron chi connectivity index (χ1n) is 6.71.